The van der Waals surface area contributed by atoms with Gasteiger partial charge in [-0.25, -0.2) is 0 Å². The van der Waals surface area contributed by atoms with E-state index in [1.54, 1.807) is 13.1 Å². The highest BCUT2D eigenvalue weighted by Crippen LogP contribution is 2.23. The van der Waals surface area contributed by atoms with Crippen molar-refractivity contribution in [3.05, 3.63) is 57.8 Å². The first-order valence-corrected chi connectivity index (χ1v) is 6.87. The van der Waals surface area contributed by atoms with Crippen LogP contribution < -0.4 is 4.74 Å². The number of benzene rings is 1. The molecule has 0 spiro atoms. The van der Waals surface area contributed by atoms with Crippen LogP contribution >= 0.6 is 15.9 Å². The molecule has 4 heteroatoms. The molecule has 0 bridgehead atoms. The molecule has 0 fully saturated rings. The maximum atomic E-state index is 9.52. The van der Waals surface area contributed by atoms with Crippen molar-refractivity contribution >= 4 is 15.9 Å². The van der Waals surface area contributed by atoms with Crippen LogP contribution in [0.3, 0.4) is 0 Å². The van der Waals surface area contributed by atoms with Crippen molar-refractivity contribution in [1.82, 2.24) is 4.98 Å². The molecule has 0 aliphatic carbocycles. The second-order valence-electron chi connectivity index (χ2n) is 4.46. The molecule has 0 unspecified atom stereocenters. The summed E-state index contributed by atoms with van der Waals surface area (Å²) in [7, 11) is 0. The van der Waals surface area contributed by atoms with Gasteiger partial charge >= 0.3 is 0 Å². The molecule has 0 radical (unpaired) electrons. The van der Waals surface area contributed by atoms with E-state index in [4.69, 9.17) is 4.74 Å². The van der Waals surface area contributed by atoms with Crippen molar-refractivity contribution in [1.29, 1.82) is 0 Å². The summed E-state index contributed by atoms with van der Waals surface area (Å²) in [5.41, 5.74) is 2.78. The molecular formula is C15H16BrNO2. The van der Waals surface area contributed by atoms with Crippen molar-refractivity contribution in [2.24, 2.45) is 0 Å². The molecule has 0 aliphatic heterocycles. The van der Waals surface area contributed by atoms with Crippen molar-refractivity contribution in [2.75, 3.05) is 0 Å². The van der Waals surface area contributed by atoms with E-state index in [1.807, 2.05) is 37.3 Å². The Balaban J connectivity index is 2.05. The van der Waals surface area contributed by atoms with E-state index in [0.29, 0.717) is 6.61 Å². The summed E-state index contributed by atoms with van der Waals surface area (Å²) in [6, 6.07) is 9.56. The Morgan fingerprint density at radius 2 is 2.11 bits per heavy atom. The molecule has 3 nitrogen and oxygen atoms in total. The largest absolute Gasteiger partial charge is 0.487 e. The van der Waals surface area contributed by atoms with E-state index < -0.39 is 6.10 Å². The zero-order chi connectivity index (χ0) is 13.8. The Morgan fingerprint density at radius 3 is 2.68 bits per heavy atom. The lowest BCUT2D eigenvalue weighted by Gasteiger charge is -2.11. The Morgan fingerprint density at radius 1 is 1.32 bits per heavy atom. The van der Waals surface area contributed by atoms with Crippen LogP contribution in [0.5, 0.6) is 5.75 Å². The summed E-state index contributed by atoms with van der Waals surface area (Å²) in [6.07, 6.45) is 1.29. The first-order valence-electron chi connectivity index (χ1n) is 6.08. The Labute approximate surface area is 121 Å². The molecular weight excluding hydrogens is 306 g/mol. The lowest BCUT2D eigenvalue weighted by Crippen LogP contribution is -2.00. The van der Waals surface area contributed by atoms with Crippen LogP contribution in [0, 0.1) is 6.92 Å². The summed E-state index contributed by atoms with van der Waals surface area (Å²) < 4.78 is 6.69. The predicted molar refractivity (Wildman–Crippen MR) is 78.1 cm³/mol. The third kappa shape index (κ3) is 3.78. The standard InChI is InChI=1S/C15H16BrNO2/c1-10-7-12(11(2)18)3-6-15(10)19-9-14-5-4-13(16)8-17-14/h3-8,11,18H,9H2,1-2H3/t11-/m1/s1. The average Bonchev–Trinajstić information content (AvgIpc) is 2.39. The fourth-order valence-corrected chi connectivity index (χ4v) is 1.97. The molecule has 1 N–H and O–H groups in total. The summed E-state index contributed by atoms with van der Waals surface area (Å²) in [4.78, 5) is 4.26. The van der Waals surface area contributed by atoms with Gasteiger partial charge in [-0.3, -0.25) is 4.98 Å². The first-order chi connectivity index (χ1) is 9.06. The van der Waals surface area contributed by atoms with Gasteiger partial charge in [-0.2, -0.15) is 0 Å². The zero-order valence-corrected chi connectivity index (χ0v) is 12.5. The molecule has 0 aliphatic rings. The topological polar surface area (TPSA) is 42.4 Å². The second-order valence-corrected chi connectivity index (χ2v) is 5.37. The van der Waals surface area contributed by atoms with Gasteiger partial charge in [0.15, 0.2) is 0 Å². The van der Waals surface area contributed by atoms with Gasteiger partial charge in [0.1, 0.15) is 12.4 Å². The highest BCUT2D eigenvalue weighted by atomic mass is 79.9. The SMILES string of the molecule is Cc1cc([C@@H](C)O)ccc1OCc1ccc(Br)cn1. The fraction of sp³-hybridized carbons (Fsp3) is 0.267. The number of halogens is 1. The summed E-state index contributed by atoms with van der Waals surface area (Å²) in [5.74, 6) is 0.814. The van der Waals surface area contributed by atoms with E-state index in [1.165, 1.54) is 0 Å². The van der Waals surface area contributed by atoms with Gasteiger partial charge in [0.2, 0.25) is 0 Å². The van der Waals surface area contributed by atoms with Gasteiger partial charge in [-0.1, -0.05) is 6.07 Å². The van der Waals surface area contributed by atoms with Crippen LogP contribution in [0.2, 0.25) is 0 Å². The first kappa shape index (κ1) is 14.0. The average molecular weight is 322 g/mol. The molecule has 1 atom stereocenters. The maximum absolute atomic E-state index is 9.52. The number of nitrogens with zero attached hydrogens (tertiary/aromatic N) is 1. The van der Waals surface area contributed by atoms with Crippen molar-refractivity contribution in [3.8, 4) is 5.75 Å². The Hall–Kier alpha value is -1.39. The molecule has 2 rings (SSSR count). The van der Waals surface area contributed by atoms with Crippen LogP contribution in [0.25, 0.3) is 0 Å². The molecule has 1 heterocycles. The number of aliphatic hydroxyl groups excluding tert-OH is 1. The third-order valence-electron chi connectivity index (χ3n) is 2.85. The van der Waals surface area contributed by atoms with Crippen LogP contribution in [-0.4, -0.2) is 10.1 Å². The normalized spacial score (nSPS) is 12.2. The minimum absolute atomic E-state index is 0.433. The van der Waals surface area contributed by atoms with Crippen LogP contribution in [-0.2, 0) is 6.61 Å². The summed E-state index contributed by atoms with van der Waals surface area (Å²) >= 11 is 3.35. The number of rotatable bonds is 4. The molecule has 100 valence electrons. The molecule has 1 aromatic heterocycles. The molecule has 2 aromatic rings. The fourth-order valence-electron chi connectivity index (χ4n) is 1.74. The predicted octanol–water partition coefficient (Wildman–Crippen LogP) is 3.78. The number of hydrogen-bond donors (Lipinski definition) is 1. The monoisotopic (exact) mass is 321 g/mol. The van der Waals surface area contributed by atoms with Crippen LogP contribution in [0.4, 0.5) is 0 Å². The quantitative estimate of drug-likeness (QED) is 0.931. The van der Waals surface area contributed by atoms with E-state index >= 15 is 0 Å². The number of pyridine rings is 1. The smallest absolute Gasteiger partial charge is 0.130 e. The molecule has 1 aromatic carbocycles. The summed E-state index contributed by atoms with van der Waals surface area (Å²) in [5, 5.41) is 9.52. The number of aliphatic hydroxyl groups is 1. The van der Waals surface area contributed by atoms with E-state index in [0.717, 1.165) is 27.0 Å². The van der Waals surface area contributed by atoms with Gasteiger partial charge in [0.05, 0.1) is 11.8 Å². The zero-order valence-electron chi connectivity index (χ0n) is 10.9. The number of aryl methyl sites for hydroxylation is 1. The number of ether oxygens (including phenoxy) is 1. The molecule has 0 saturated heterocycles. The van der Waals surface area contributed by atoms with Crippen molar-refractivity contribution in [3.63, 3.8) is 0 Å². The molecule has 0 amide bonds. The van der Waals surface area contributed by atoms with E-state index in [9.17, 15) is 5.11 Å². The molecule has 19 heavy (non-hydrogen) atoms. The van der Waals surface area contributed by atoms with Gasteiger partial charge in [-0.05, 0) is 65.2 Å². The lowest BCUT2D eigenvalue weighted by atomic mass is 10.1. The minimum Gasteiger partial charge on any atom is -0.487 e. The minimum atomic E-state index is -0.458. The maximum Gasteiger partial charge on any atom is 0.130 e. The van der Waals surface area contributed by atoms with E-state index in [-0.39, 0.29) is 0 Å². The Bertz CT molecular complexity index is 553. The van der Waals surface area contributed by atoms with Crippen LogP contribution in [0.15, 0.2) is 41.0 Å². The Kier molecular flexibility index (Phi) is 4.56. The van der Waals surface area contributed by atoms with Gasteiger partial charge in [0.25, 0.3) is 0 Å². The lowest BCUT2D eigenvalue weighted by molar-refractivity contribution is 0.199. The summed E-state index contributed by atoms with van der Waals surface area (Å²) in [6.45, 7) is 4.15. The number of aromatic nitrogens is 1. The van der Waals surface area contributed by atoms with Gasteiger partial charge in [-0.15, -0.1) is 0 Å². The van der Waals surface area contributed by atoms with Gasteiger partial charge in [0, 0.05) is 10.7 Å². The third-order valence-corrected chi connectivity index (χ3v) is 3.31. The van der Waals surface area contributed by atoms with Crippen LogP contribution in [0.1, 0.15) is 29.8 Å². The van der Waals surface area contributed by atoms with E-state index in [2.05, 4.69) is 20.9 Å². The van der Waals surface area contributed by atoms with Crippen molar-refractivity contribution in [2.45, 2.75) is 26.6 Å². The second kappa shape index (κ2) is 6.17. The highest BCUT2D eigenvalue weighted by Gasteiger charge is 2.05. The molecule has 0 saturated carbocycles. The van der Waals surface area contributed by atoms with Crippen molar-refractivity contribution < 1.29 is 9.84 Å². The number of hydrogen-bond acceptors (Lipinski definition) is 3. The van der Waals surface area contributed by atoms with Gasteiger partial charge < -0.3 is 9.84 Å². The highest BCUT2D eigenvalue weighted by molar-refractivity contribution is 9.10.